The molecule has 5 nitrogen and oxygen atoms in total. The van der Waals surface area contributed by atoms with Gasteiger partial charge in [-0.1, -0.05) is 35.9 Å². The van der Waals surface area contributed by atoms with E-state index >= 15 is 0 Å². The molecule has 0 saturated carbocycles. The molecule has 3 aliphatic heterocycles. The highest BCUT2D eigenvalue weighted by atomic mass is 35.5. The molecule has 28 heavy (non-hydrogen) atoms. The number of hydrogen-bond donors (Lipinski definition) is 2. The van der Waals surface area contributed by atoms with Crippen LogP contribution in [0.15, 0.2) is 42.5 Å². The average molecular weight is 414 g/mol. The number of carbonyl (C=O) groups excluding carboxylic acids is 2. The zero-order chi connectivity index (χ0) is 19.5. The molecule has 2 fully saturated rings. The second-order valence-electron chi connectivity index (χ2n) is 7.58. The van der Waals surface area contributed by atoms with E-state index in [1.165, 1.54) is 0 Å². The molecule has 3 heterocycles. The molecule has 0 aromatic heterocycles. The molecule has 1 spiro atoms. The van der Waals surface area contributed by atoms with Crippen LogP contribution in [0.1, 0.15) is 17.5 Å². The van der Waals surface area contributed by atoms with E-state index in [0.717, 1.165) is 28.4 Å². The van der Waals surface area contributed by atoms with Crippen LogP contribution < -0.4 is 10.6 Å². The summed E-state index contributed by atoms with van der Waals surface area (Å²) >= 11 is 8.04. The van der Waals surface area contributed by atoms with Crippen molar-refractivity contribution in [2.75, 3.05) is 22.3 Å². The maximum Gasteiger partial charge on any atom is 0.250 e. The predicted octanol–water partition coefficient (Wildman–Crippen LogP) is 3.83. The largest absolute Gasteiger partial charge is 0.325 e. The summed E-state index contributed by atoms with van der Waals surface area (Å²) in [5, 5.41) is 6.68. The summed E-state index contributed by atoms with van der Waals surface area (Å²) in [5.41, 5.74) is 2.30. The maximum absolute atomic E-state index is 13.5. The second-order valence-corrected chi connectivity index (χ2v) is 8.99. The SMILES string of the molecule is Cc1c(Cl)cccc1NC(=O)C1CC2CSCN2C12C(=O)Nc1ccccc12. The van der Waals surface area contributed by atoms with Crippen molar-refractivity contribution in [1.82, 2.24) is 4.90 Å². The van der Waals surface area contributed by atoms with Gasteiger partial charge in [0, 0.05) is 39.6 Å². The van der Waals surface area contributed by atoms with Crippen molar-refractivity contribution >= 4 is 46.6 Å². The Morgan fingerprint density at radius 3 is 2.96 bits per heavy atom. The molecule has 0 radical (unpaired) electrons. The summed E-state index contributed by atoms with van der Waals surface area (Å²) < 4.78 is 0. The third kappa shape index (κ3) is 2.38. The van der Waals surface area contributed by atoms with Crippen molar-refractivity contribution in [2.24, 2.45) is 5.92 Å². The third-order valence-electron chi connectivity index (χ3n) is 6.22. The summed E-state index contributed by atoms with van der Waals surface area (Å²) in [6.07, 6.45) is 0.667. The summed E-state index contributed by atoms with van der Waals surface area (Å²) in [7, 11) is 0. The molecular formula is C21H20ClN3O2S. The number of para-hydroxylation sites is 1. The topological polar surface area (TPSA) is 61.4 Å². The molecule has 0 bridgehead atoms. The van der Waals surface area contributed by atoms with Crippen molar-refractivity contribution in [2.45, 2.75) is 24.9 Å². The highest BCUT2D eigenvalue weighted by molar-refractivity contribution is 7.99. The van der Waals surface area contributed by atoms with Gasteiger partial charge in [0.15, 0.2) is 0 Å². The van der Waals surface area contributed by atoms with Gasteiger partial charge in [0.05, 0.1) is 5.92 Å². The Kier molecular flexibility index (Phi) is 4.19. The minimum Gasteiger partial charge on any atom is -0.325 e. The number of nitrogens with one attached hydrogen (secondary N) is 2. The Morgan fingerprint density at radius 1 is 1.29 bits per heavy atom. The number of thioether (sulfide) groups is 1. The van der Waals surface area contributed by atoms with E-state index in [1.54, 1.807) is 6.07 Å². The lowest BCUT2D eigenvalue weighted by Gasteiger charge is -2.36. The Balaban J connectivity index is 1.58. The van der Waals surface area contributed by atoms with E-state index in [9.17, 15) is 9.59 Å². The Hall–Kier alpha value is -2.02. The monoisotopic (exact) mass is 413 g/mol. The van der Waals surface area contributed by atoms with Crippen LogP contribution in [0.4, 0.5) is 11.4 Å². The van der Waals surface area contributed by atoms with E-state index in [-0.39, 0.29) is 17.9 Å². The molecule has 2 aromatic carbocycles. The number of rotatable bonds is 2. The van der Waals surface area contributed by atoms with E-state index in [0.29, 0.717) is 17.1 Å². The van der Waals surface area contributed by atoms with Crippen LogP contribution in [-0.4, -0.2) is 34.4 Å². The van der Waals surface area contributed by atoms with Gasteiger partial charge >= 0.3 is 0 Å². The first kappa shape index (κ1) is 18.0. The van der Waals surface area contributed by atoms with E-state index in [4.69, 9.17) is 11.6 Å². The predicted molar refractivity (Wildman–Crippen MR) is 113 cm³/mol. The molecule has 5 rings (SSSR count). The number of halogens is 1. The van der Waals surface area contributed by atoms with Crippen molar-refractivity contribution in [3.63, 3.8) is 0 Å². The number of benzene rings is 2. The standard InChI is InChI=1S/C21H20ClN3O2S/c1-12-16(22)6-4-8-17(12)23-19(26)15-9-13-10-28-11-25(13)21(15)14-5-2-3-7-18(14)24-20(21)27/h2-8,13,15H,9-11H2,1H3,(H,23,26)(H,24,27). The molecule has 0 aliphatic carbocycles. The minimum atomic E-state index is -0.943. The van der Waals surface area contributed by atoms with Crippen LogP contribution in [0.2, 0.25) is 5.02 Å². The molecule has 2 saturated heterocycles. The van der Waals surface area contributed by atoms with Gasteiger partial charge in [-0.25, -0.2) is 0 Å². The number of nitrogens with zero attached hydrogens (tertiary/aromatic N) is 1. The first-order chi connectivity index (χ1) is 13.5. The van der Waals surface area contributed by atoms with Crippen LogP contribution in [0.5, 0.6) is 0 Å². The van der Waals surface area contributed by atoms with Crippen molar-refractivity contribution < 1.29 is 9.59 Å². The average Bonchev–Trinajstić information content (AvgIpc) is 3.34. The fourth-order valence-electron chi connectivity index (χ4n) is 4.87. The first-order valence-corrected chi connectivity index (χ1v) is 10.9. The van der Waals surface area contributed by atoms with Gasteiger partial charge in [-0.2, -0.15) is 0 Å². The van der Waals surface area contributed by atoms with Crippen molar-refractivity contribution in [3.8, 4) is 0 Å². The lowest BCUT2D eigenvalue weighted by molar-refractivity contribution is -0.134. The number of hydrogen-bond acceptors (Lipinski definition) is 4. The molecule has 3 aliphatic rings. The van der Waals surface area contributed by atoms with Gasteiger partial charge in [-0.3, -0.25) is 14.5 Å². The van der Waals surface area contributed by atoms with E-state index < -0.39 is 11.5 Å². The van der Waals surface area contributed by atoms with Gasteiger partial charge in [0.2, 0.25) is 11.8 Å². The molecule has 7 heteroatoms. The summed E-state index contributed by atoms with van der Waals surface area (Å²) in [6.45, 7) is 1.88. The first-order valence-electron chi connectivity index (χ1n) is 9.35. The second kappa shape index (κ2) is 6.51. The van der Waals surface area contributed by atoms with Crippen LogP contribution >= 0.6 is 23.4 Å². The molecule has 3 unspecified atom stereocenters. The van der Waals surface area contributed by atoms with Crippen molar-refractivity contribution in [1.29, 1.82) is 0 Å². The fraction of sp³-hybridized carbons (Fsp3) is 0.333. The molecule has 3 atom stereocenters. The number of fused-ring (bicyclic) bond motifs is 4. The normalized spacial score (nSPS) is 28.3. The maximum atomic E-state index is 13.5. The molecule has 2 aromatic rings. The smallest absolute Gasteiger partial charge is 0.250 e. The summed E-state index contributed by atoms with van der Waals surface area (Å²) in [6, 6.07) is 13.4. The van der Waals surface area contributed by atoms with Crippen LogP contribution in [0.3, 0.4) is 0 Å². The lowest BCUT2D eigenvalue weighted by Crippen LogP contribution is -2.53. The zero-order valence-electron chi connectivity index (χ0n) is 15.4. The molecule has 2 N–H and O–H groups in total. The Bertz CT molecular complexity index is 997. The Morgan fingerprint density at radius 2 is 2.11 bits per heavy atom. The fourth-order valence-corrected chi connectivity index (χ4v) is 6.34. The van der Waals surface area contributed by atoms with Crippen molar-refractivity contribution in [3.05, 3.63) is 58.6 Å². The molecular weight excluding hydrogens is 394 g/mol. The minimum absolute atomic E-state index is 0.0957. The highest BCUT2D eigenvalue weighted by Gasteiger charge is 2.65. The number of carbonyl (C=O) groups is 2. The lowest BCUT2D eigenvalue weighted by atomic mass is 9.79. The van der Waals surface area contributed by atoms with Crippen LogP contribution in [0, 0.1) is 12.8 Å². The highest BCUT2D eigenvalue weighted by Crippen LogP contribution is 2.55. The van der Waals surface area contributed by atoms with Gasteiger partial charge < -0.3 is 10.6 Å². The molecule has 2 amide bonds. The van der Waals surface area contributed by atoms with Gasteiger partial charge in [0.1, 0.15) is 5.54 Å². The van der Waals surface area contributed by atoms with Gasteiger partial charge in [-0.05, 0) is 37.1 Å². The van der Waals surface area contributed by atoms with Gasteiger partial charge in [0.25, 0.3) is 0 Å². The number of amides is 2. The van der Waals surface area contributed by atoms with Crippen LogP contribution in [-0.2, 0) is 15.1 Å². The Labute approximate surface area is 172 Å². The van der Waals surface area contributed by atoms with Crippen LogP contribution in [0.25, 0.3) is 0 Å². The summed E-state index contributed by atoms with van der Waals surface area (Å²) in [5.74, 6) is 1.02. The van der Waals surface area contributed by atoms with E-state index in [1.807, 2.05) is 55.1 Å². The third-order valence-corrected chi connectivity index (χ3v) is 7.71. The molecule has 144 valence electrons. The quantitative estimate of drug-likeness (QED) is 0.785. The number of anilines is 2. The van der Waals surface area contributed by atoms with E-state index in [2.05, 4.69) is 15.5 Å². The van der Waals surface area contributed by atoms with Gasteiger partial charge in [-0.15, -0.1) is 11.8 Å². The zero-order valence-corrected chi connectivity index (χ0v) is 16.9. The summed E-state index contributed by atoms with van der Waals surface area (Å²) in [4.78, 5) is 29.0.